The van der Waals surface area contributed by atoms with Crippen LogP contribution in [0.2, 0.25) is 0 Å². The van der Waals surface area contributed by atoms with Crippen LogP contribution in [0.15, 0.2) is 24.3 Å². The van der Waals surface area contributed by atoms with Crippen LogP contribution in [0, 0.1) is 6.92 Å². The highest BCUT2D eigenvalue weighted by Crippen LogP contribution is 2.12. The first-order valence-electron chi connectivity index (χ1n) is 7.40. The minimum atomic E-state index is -3.18. The second-order valence-electron chi connectivity index (χ2n) is 5.74. The van der Waals surface area contributed by atoms with Gasteiger partial charge >= 0.3 is 6.03 Å². The van der Waals surface area contributed by atoms with Gasteiger partial charge in [0.25, 0.3) is 0 Å². The summed E-state index contributed by atoms with van der Waals surface area (Å²) in [6.45, 7) is 3.65. The zero-order chi connectivity index (χ0) is 16.2. The van der Waals surface area contributed by atoms with E-state index >= 15 is 0 Å². The molecule has 2 amide bonds. The summed E-state index contributed by atoms with van der Waals surface area (Å²) in [5.74, 6) is 0. The molecule has 0 bridgehead atoms. The third-order valence-electron chi connectivity index (χ3n) is 3.85. The molecule has 0 spiro atoms. The number of benzene rings is 1. The van der Waals surface area contributed by atoms with Crippen LogP contribution < -0.4 is 10.0 Å². The van der Waals surface area contributed by atoms with E-state index in [9.17, 15) is 13.2 Å². The molecule has 2 rings (SSSR count). The van der Waals surface area contributed by atoms with Gasteiger partial charge < -0.3 is 10.2 Å². The number of sulfonamides is 1. The summed E-state index contributed by atoms with van der Waals surface area (Å²) in [6.07, 6.45) is 2.45. The van der Waals surface area contributed by atoms with E-state index in [4.69, 9.17) is 0 Å². The van der Waals surface area contributed by atoms with Gasteiger partial charge in [-0.05, 0) is 30.9 Å². The van der Waals surface area contributed by atoms with E-state index in [0.29, 0.717) is 32.5 Å². The Morgan fingerprint density at radius 2 is 1.91 bits per heavy atom. The van der Waals surface area contributed by atoms with Crippen molar-refractivity contribution in [2.24, 2.45) is 0 Å². The number of urea groups is 1. The van der Waals surface area contributed by atoms with Gasteiger partial charge in [-0.1, -0.05) is 24.3 Å². The van der Waals surface area contributed by atoms with Gasteiger partial charge in [-0.2, -0.15) is 0 Å². The first kappa shape index (κ1) is 16.8. The van der Waals surface area contributed by atoms with Crippen LogP contribution in [0.1, 0.15) is 24.0 Å². The predicted molar refractivity (Wildman–Crippen MR) is 86.0 cm³/mol. The van der Waals surface area contributed by atoms with Crippen molar-refractivity contribution in [3.8, 4) is 0 Å². The Labute approximate surface area is 131 Å². The van der Waals surface area contributed by atoms with Crippen LogP contribution in [0.5, 0.6) is 0 Å². The molecule has 0 unspecified atom stereocenters. The lowest BCUT2D eigenvalue weighted by Gasteiger charge is -2.32. The van der Waals surface area contributed by atoms with Crippen LogP contribution in [-0.4, -0.2) is 44.7 Å². The maximum atomic E-state index is 12.2. The molecular weight excluding hydrogens is 302 g/mol. The summed E-state index contributed by atoms with van der Waals surface area (Å²) < 4.78 is 25.0. The van der Waals surface area contributed by atoms with Crippen LogP contribution in [-0.2, 0) is 16.6 Å². The normalized spacial score (nSPS) is 16.5. The fraction of sp³-hybridized carbons (Fsp3) is 0.533. The van der Waals surface area contributed by atoms with Gasteiger partial charge in [0, 0.05) is 25.7 Å². The summed E-state index contributed by atoms with van der Waals surface area (Å²) >= 11 is 0. The fourth-order valence-corrected chi connectivity index (χ4v) is 3.44. The van der Waals surface area contributed by atoms with Crippen molar-refractivity contribution in [2.45, 2.75) is 32.4 Å². The Kier molecular flexibility index (Phi) is 5.42. The number of nitrogens with one attached hydrogen (secondary N) is 2. The third-order valence-corrected chi connectivity index (χ3v) is 4.62. The molecular formula is C15H23N3O3S. The van der Waals surface area contributed by atoms with Gasteiger partial charge in [-0.15, -0.1) is 0 Å². The highest BCUT2D eigenvalue weighted by atomic mass is 32.2. The number of carbonyl (C=O) groups is 1. The minimum Gasteiger partial charge on any atom is -0.334 e. The standard InChI is InChI=1S/C15H23N3O3S/c1-12-5-3-4-6-13(12)11-16-15(19)18-9-7-14(8-10-18)17-22(2,20)21/h3-6,14,17H,7-11H2,1-2H3,(H,16,19). The average Bonchev–Trinajstić information content (AvgIpc) is 2.45. The highest BCUT2D eigenvalue weighted by molar-refractivity contribution is 7.88. The molecule has 0 aliphatic carbocycles. The van der Waals surface area contributed by atoms with E-state index in [2.05, 4.69) is 10.0 Å². The molecule has 22 heavy (non-hydrogen) atoms. The van der Waals surface area contributed by atoms with Crippen LogP contribution in [0.3, 0.4) is 0 Å². The lowest BCUT2D eigenvalue weighted by molar-refractivity contribution is 0.179. The van der Waals surface area contributed by atoms with Gasteiger partial charge in [-0.25, -0.2) is 17.9 Å². The third kappa shape index (κ3) is 4.99. The maximum Gasteiger partial charge on any atom is 0.317 e. The molecule has 1 saturated heterocycles. The average molecular weight is 325 g/mol. The van der Waals surface area contributed by atoms with Gasteiger partial charge in [0.05, 0.1) is 6.26 Å². The van der Waals surface area contributed by atoms with Crippen molar-refractivity contribution in [1.82, 2.24) is 14.9 Å². The van der Waals surface area contributed by atoms with Crippen LogP contribution in [0.4, 0.5) is 4.79 Å². The molecule has 0 atom stereocenters. The largest absolute Gasteiger partial charge is 0.334 e. The quantitative estimate of drug-likeness (QED) is 0.873. The highest BCUT2D eigenvalue weighted by Gasteiger charge is 2.24. The molecule has 2 N–H and O–H groups in total. The molecule has 0 saturated carbocycles. The minimum absolute atomic E-state index is 0.0737. The summed E-state index contributed by atoms with van der Waals surface area (Å²) in [4.78, 5) is 13.9. The molecule has 7 heteroatoms. The van der Waals surface area contributed by atoms with Crippen molar-refractivity contribution < 1.29 is 13.2 Å². The molecule has 1 aliphatic rings. The van der Waals surface area contributed by atoms with Crippen LogP contribution in [0.25, 0.3) is 0 Å². The molecule has 0 aromatic heterocycles. The second-order valence-corrected chi connectivity index (χ2v) is 7.52. The van der Waals surface area contributed by atoms with Crippen molar-refractivity contribution in [2.75, 3.05) is 19.3 Å². The molecule has 6 nitrogen and oxygen atoms in total. The summed E-state index contributed by atoms with van der Waals surface area (Å²) in [6, 6.07) is 7.77. The number of carbonyl (C=O) groups excluding carboxylic acids is 1. The van der Waals surface area contributed by atoms with Gasteiger partial charge in [0.1, 0.15) is 0 Å². The molecule has 1 heterocycles. The first-order valence-corrected chi connectivity index (χ1v) is 9.29. The SMILES string of the molecule is Cc1ccccc1CNC(=O)N1CCC(NS(C)(=O)=O)CC1. The van der Waals surface area contributed by atoms with E-state index in [-0.39, 0.29) is 12.1 Å². The Hall–Kier alpha value is -1.60. The summed E-state index contributed by atoms with van der Waals surface area (Å²) in [5.41, 5.74) is 2.25. The van der Waals surface area contributed by atoms with Crippen molar-refractivity contribution >= 4 is 16.1 Å². The number of amides is 2. The van der Waals surface area contributed by atoms with E-state index < -0.39 is 10.0 Å². The van der Waals surface area contributed by atoms with Crippen LogP contribution >= 0.6 is 0 Å². The van der Waals surface area contributed by atoms with Gasteiger partial charge in [0.15, 0.2) is 0 Å². The van der Waals surface area contributed by atoms with E-state index in [1.807, 2.05) is 31.2 Å². The number of hydrogen-bond acceptors (Lipinski definition) is 3. The Bertz CT molecular complexity index is 623. The Morgan fingerprint density at radius 3 is 2.50 bits per heavy atom. The maximum absolute atomic E-state index is 12.2. The topological polar surface area (TPSA) is 78.5 Å². The van der Waals surface area contributed by atoms with Crippen molar-refractivity contribution in [1.29, 1.82) is 0 Å². The number of aryl methyl sites for hydroxylation is 1. The van der Waals surface area contributed by atoms with E-state index in [1.54, 1.807) is 4.90 Å². The second kappa shape index (κ2) is 7.11. The Balaban J connectivity index is 1.79. The van der Waals surface area contributed by atoms with Crippen molar-refractivity contribution in [3.05, 3.63) is 35.4 Å². The van der Waals surface area contributed by atoms with E-state index in [1.165, 1.54) is 0 Å². The zero-order valence-corrected chi connectivity index (χ0v) is 13.8. The number of likely N-dealkylation sites (tertiary alicyclic amines) is 1. The molecule has 1 aliphatic heterocycles. The predicted octanol–water partition coefficient (Wildman–Crippen LogP) is 1.22. The zero-order valence-electron chi connectivity index (χ0n) is 13.0. The summed E-state index contributed by atoms with van der Waals surface area (Å²) in [7, 11) is -3.18. The summed E-state index contributed by atoms with van der Waals surface area (Å²) in [5, 5.41) is 2.92. The van der Waals surface area contributed by atoms with Gasteiger partial charge in [-0.3, -0.25) is 0 Å². The molecule has 0 radical (unpaired) electrons. The van der Waals surface area contributed by atoms with Crippen molar-refractivity contribution in [3.63, 3.8) is 0 Å². The smallest absolute Gasteiger partial charge is 0.317 e. The number of piperidine rings is 1. The molecule has 1 aromatic carbocycles. The van der Waals surface area contributed by atoms with E-state index in [0.717, 1.165) is 17.4 Å². The molecule has 122 valence electrons. The Morgan fingerprint density at radius 1 is 1.27 bits per heavy atom. The molecule has 1 aromatic rings. The van der Waals surface area contributed by atoms with Gasteiger partial charge in [0.2, 0.25) is 10.0 Å². The lowest BCUT2D eigenvalue weighted by Crippen LogP contribution is -2.49. The first-order chi connectivity index (χ1) is 10.3. The number of nitrogens with zero attached hydrogens (tertiary/aromatic N) is 1. The lowest BCUT2D eigenvalue weighted by atomic mass is 10.1. The molecule has 1 fully saturated rings. The number of hydrogen-bond donors (Lipinski definition) is 2. The monoisotopic (exact) mass is 325 g/mol. The fourth-order valence-electron chi connectivity index (χ4n) is 2.59. The number of rotatable bonds is 4.